The number of nitrogens with zero attached hydrogens (tertiary/aromatic N) is 1. The number of ketones is 1. The molecule has 48 heavy (non-hydrogen) atoms. The summed E-state index contributed by atoms with van der Waals surface area (Å²) in [5, 5.41) is 3.13. The van der Waals surface area contributed by atoms with E-state index in [2.05, 4.69) is 24.1 Å². The molecule has 5 nitrogen and oxygen atoms in total. The summed E-state index contributed by atoms with van der Waals surface area (Å²) in [6.45, 7) is 8.44. The minimum Gasteiger partial charge on any atom is -0.385 e. The Bertz CT molecular complexity index is 606. The van der Waals surface area contributed by atoms with Crippen molar-refractivity contribution < 1.29 is 14.3 Å². The van der Waals surface area contributed by atoms with Crippen molar-refractivity contribution in [2.75, 3.05) is 39.9 Å². The van der Waals surface area contributed by atoms with Gasteiger partial charge in [0.15, 0.2) is 0 Å². The van der Waals surface area contributed by atoms with E-state index in [1.54, 1.807) is 7.11 Å². The third-order valence-corrected chi connectivity index (χ3v) is 10.1. The summed E-state index contributed by atoms with van der Waals surface area (Å²) < 4.78 is 5.25. The van der Waals surface area contributed by atoms with Crippen molar-refractivity contribution in [2.45, 2.75) is 226 Å². The fraction of sp³-hybridized carbons (Fsp3) is 0.953. The molecule has 0 atom stereocenters. The van der Waals surface area contributed by atoms with Crippen molar-refractivity contribution in [2.24, 2.45) is 0 Å². The number of ether oxygens (including phenoxy) is 1. The molecule has 5 heteroatoms. The first kappa shape index (κ1) is 47.1. The Morgan fingerprint density at radius 1 is 0.438 bits per heavy atom. The first-order chi connectivity index (χ1) is 23.6. The summed E-state index contributed by atoms with van der Waals surface area (Å²) in [7, 11) is 1.73. The maximum atomic E-state index is 12.6. The number of nitrogens with one attached hydrogen (secondary N) is 1. The highest BCUT2D eigenvalue weighted by molar-refractivity contribution is 5.78. The van der Waals surface area contributed by atoms with Gasteiger partial charge in [-0.3, -0.25) is 9.59 Å². The molecule has 0 saturated carbocycles. The summed E-state index contributed by atoms with van der Waals surface area (Å²) in [4.78, 5) is 27.4. The molecule has 0 spiro atoms. The molecule has 0 aromatic heterocycles. The van der Waals surface area contributed by atoms with Gasteiger partial charge >= 0.3 is 0 Å². The minimum atomic E-state index is 0.144. The Labute approximate surface area is 301 Å². The van der Waals surface area contributed by atoms with E-state index in [-0.39, 0.29) is 5.91 Å². The molecule has 0 radical (unpaired) electrons. The van der Waals surface area contributed by atoms with E-state index < -0.39 is 0 Å². The molecular formula is C43H86N2O3. The third kappa shape index (κ3) is 37.9. The molecule has 0 aliphatic rings. The number of hydrogen-bond acceptors (Lipinski definition) is 4. The number of methoxy groups -OCH3 is 1. The quantitative estimate of drug-likeness (QED) is 0.0654. The predicted molar refractivity (Wildman–Crippen MR) is 210 cm³/mol. The first-order valence-corrected chi connectivity index (χ1v) is 21.6. The molecule has 1 amide bonds. The molecule has 0 bridgehead atoms. The van der Waals surface area contributed by atoms with Crippen molar-refractivity contribution in [3.05, 3.63) is 0 Å². The van der Waals surface area contributed by atoms with Crippen LogP contribution < -0.4 is 5.32 Å². The number of unbranched alkanes of at least 4 members (excludes halogenated alkanes) is 27. The molecule has 0 saturated heterocycles. The van der Waals surface area contributed by atoms with Crippen LogP contribution in [-0.2, 0) is 14.3 Å². The van der Waals surface area contributed by atoms with Crippen LogP contribution in [-0.4, -0.2) is 56.5 Å². The number of carbonyl (C=O) groups excluding carboxylic acids is 2. The molecular weight excluding hydrogens is 592 g/mol. The van der Waals surface area contributed by atoms with Gasteiger partial charge in [-0.2, -0.15) is 0 Å². The van der Waals surface area contributed by atoms with Gasteiger partial charge in [0.25, 0.3) is 0 Å². The van der Waals surface area contributed by atoms with Crippen LogP contribution >= 0.6 is 0 Å². The van der Waals surface area contributed by atoms with Crippen LogP contribution in [0.3, 0.4) is 0 Å². The molecule has 0 heterocycles. The summed E-state index contributed by atoms with van der Waals surface area (Å²) in [6.07, 6.45) is 41.9. The van der Waals surface area contributed by atoms with E-state index >= 15 is 0 Å². The van der Waals surface area contributed by atoms with Crippen molar-refractivity contribution >= 4 is 11.7 Å². The zero-order valence-corrected chi connectivity index (χ0v) is 33.0. The second kappa shape index (κ2) is 40.5. The van der Waals surface area contributed by atoms with Gasteiger partial charge in [0.05, 0.1) is 0 Å². The molecule has 0 fully saturated rings. The highest BCUT2D eigenvalue weighted by Gasteiger charge is 2.11. The van der Waals surface area contributed by atoms with E-state index in [0.29, 0.717) is 25.0 Å². The van der Waals surface area contributed by atoms with Crippen molar-refractivity contribution in [3.63, 3.8) is 0 Å². The predicted octanol–water partition coefficient (Wildman–Crippen LogP) is 12.5. The Kier molecular flexibility index (Phi) is 39.7. The normalized spacial score (nSPS) is 11.5. The van der Waals surface area contributed by atoms with Crippen LogP contribution in [0.15, 0.2) is 0 Å². The number of carbonyl (C=O) groups is 2. The van der Waals surface area contributed by atoms with Crippen molar-refractivity contribution in [1.29, 1.82) is 0 Å². The standard InChI is InChI=1S/C43H86N2O3/c1-4-6-8-10-12-14-16-18-20-21-23-25-27-29-31-34-42(46)35-39-45(38-33-41-48-3)40-36-43(47)44-37-32-30-28-26-24-22-19-17-15-13-11-9-7-5-2/h4-41H2,1-3H3,(H,44,47). The maximum absolute atomic E-state index is 12.6. The van der Waals surface area contributed by atoms with E-state index in [1.165, 1.54) is 173 Å². The summed E-state index contributed by atoms with van der Waals surface area (Å²) in [5.74, 6) is 0.522. The Morgan fingerprint density at radius 3 is 1.23 bits per heavy atom. The Balaban J connectivity index is 3.75. The smallest absolute Gasteiger partial charge is 0.221 e. The highest BCUT2D eigenvalue weighted by atomic mass is 16.5. The minimum absolute atomic E-state index is 0.144. The van der Waals surface area contributed by atoms with Gasteiger partial charge in [-0.1, -0.05) is 187 Å². The van der Waals surface area contributed by atoms with E-state index in [0.717, 1.165) is 52.0 Å². The Hall–Kier alpha value is -0.940. The van der Waals surface area contributed by atoms with Gasteiger partial charge in [-0.15, -0.1) is 0 Å². The van der Waals surface area contributed by atoms with E-state index in [4.69, 9.17) is 4.74 Å². The molecule has 0 aliphatic heterocycles. The summed E-state index contributed by atoms with van der Waals surface area (Å²) >= 11 is 0. The summed E-state index contributed by atoms with van der Waals surface area (Å²) in [6, 6.07) is 0. The second-order valence-corrected chi connectivity index (χ2v) is 14.9. The fourth-order valence-corrected chi connectivity index (χ4v) is 6.76. The SMILES string of the molecule is CCCCCCCCCCCCCCCCCC(=O)CCN(CCCOC)CCC(=O)NCCCCCCCCCCCCCCCC. The van der Waals surface area contributed by atoms with Crippen LogP contribution in [0.5, 0.6) is 0 Å². The number of hydrogen-bond donors (Lipinski definition) is 1. The van der Waals surface area contributed by atoms with Crippen LogP contribution in [0.4, 0.5) is 0 Å². The maximum Gasteiger partial charge on any atom is 0.221 e. The number of amides is 1. The number of Topliss-reactive ketones (excluding diaryl/α,β-unsaturated/α-hetero) is 1. The van der Waals surface area contributed by atoms with Gasteiger partial charge in [0, 0.05) is 59.2 Å². The van der Waals surface area contributed by atoms with Crippen LogP contribution in [0.2, 0.25) is 0 Å². The third-order valence-electron chi connectivity index (χ3n) is 10.1. The zero-order valence-electron chi connectivity index (χ0n) is 33.0. The van der Waals surface area contributed by atoms with Crippen LogP contribution in [0.25, 0.3) is 0 Å². The molecule has 1 N–H and O–H groups in total. The van der Waals surface area contributed by atoms with Gasteiger partial charge in [-0.05, 0) is 19.3 Å². The second-order valence-electron chi connectivity index (χ2n) is 14.9. The average Bonchev–Trinajstić information content (AvgIpc) is 3.09. The first-order valence-electron chi connectivity index (χ1n) is 21.6. The molecule has 0 aliphatic carbocycles. The lowest BCUT2D eigenvalue weighted by molar-refractivity contribution is -0.121. The number of rotatable bonds is 41. The topological polar surface area (TPSA) is 58.6 Å². The molecule has 0 aromatic rings. The lowest BCUT2D eigenvalue weighted by atomic mass is 10.0. The molecule has 286 valence electrons. The molecule has 0 aromatic carbocycles. The van der Waals surface area contributed by atoms with Gasteiger partial charge in [0.1, 0.15) is 5.78 Å². The Morgan fingerprint density at radius 2 is 0.812 bits per heavy atom. The zero-order chi connectivity index (χ0) is 35.0. The van der Waals surface area contributed by atoms with Crippen molar-refractivity contribution in [3.8, 4) is 0 Å². The van der Waals surface area contributed by atoms with Crippen LogP contribution in [0, 0.1) is 0 Å². The average molecular weight is 679 g/mol. The molecule has 0 unspecified atom stereocenters. The largest absolute Gasteiger partial charge is 0.385 e. The van der Waals surface area contributed by atoms with Gasteiger partial charge in [-0.25, -0.2) is 0 Å². The lowest BCUT2D eigenvalue weighted by Crippen LogP contribution is -2.33. The molecule has 0 rings (SSSR count). The van der Waals surface area contributed by atoms with E-state index in [1.807, 2.05) is 0 Å². The monoisotopic (exact) mass is 679 g/mol. The van der Waals surface area contributed by atoms with Crippen LogP contribution in [0.1, 0.15) is 226 Å². The lowest BCUT2D eigenvalue weighted by Gasteiger charge is -2.21. The van der Waals surface area contributed by atoms with Gasteiger partial charge in [0.2, 0.25) is 5.91 Å². The fourth-order valence-electron chi connectivity index (χ4n) is 6.76. The van der Waals surface area contributed by atoms with Crippen molar-refractivity contribution in [1.82, 2.24) is 10.2 Å². The van der Waals surface area contributed by atoms with E-state index in [9.17, 15) is 9.59 Å². The van der Waals surface area contributed by atoms with Gasteiger partial charge < -0.3 is 15.0 Å². The summed E-state index contributed by atoms with van der Waals surface area (Å²) in [5.41, 5.74) is 0. The highest BCUT2D eigenvalue weighted by Crippen LogP contribution is 2.15.